The zero-order chi connectivity index (χ0) is 36.6. The Bertz CT molecular complexity index is 1860. The van der Waals surface area contributed by atoms with Gasteiger partial charge >= 0.3 is 372 Å². The molecule has 0 radical (unpaired) electrons. The van der Waals surface area contributed by atoms with Crippen molar-refractivity contribution >= 4 is 138 Å². The molecular weight excluding hydrogens is 1130 g/mol. The first-order chi connectivity index (χ1) is 25.1. The van der Waals surface area contributed by atoms with Gasteiger partial charge in [-0.2, -0.15) is 0 Å². The van der Waals surface area contributed by atoms with Crippen molar-refractivity contribution in [2.24, 2.45) is 10.8 Å². The van der Waals surface area contributed by atoms with E-state index in [2.05, 4.69) is 112 Å². The van der Waals surface area contributed by atoms with Crippen LogP contribution in [-0.4, -0.2) is 83.9 Å². The molecule has 0 atom stereocenters. The molecule has 14 heteroatoms. The average molecular weight is 1160 g/mol. The second-order valence-electron chi connectivity index (χ2n) is 13.3. The van der Waals surface area contributed by atoms with Crippen molar-refractivity contribution in [1.29, 1.82) is 0 Å². The van der Waals surface area contributed by atoms with Gasteiger partial charge in [0.15, 0.2) is 0 Å². The van der Waals surface area contributed by atoms with Crippen LogP contribution in [-0.2, 0) is 44.6 Å². The number of fused-ring (bicyclic) bond motifs is 2. The van der Waals surface area contributed by atoms with Gasteiger partial charge in [-0.3, -0.25) is 0 Å². The van der Waals surface area contributed by atoms with Gasteiger partial charge in [-0.15, -0.1) is 0 Å². The quantitative estimate of drug-likeness (QED) is 0.114. The molecular formula is C38H36Br4O4S4Se2. The van der Waals surface area contributed by atoms with Crippen molar-refractivity contribution in [2.75, 3.05) is 54.9 Å². The number of hydrogen-bond donors (Lipinski definition) is 0. The van der Waals surface area contributed by atoms with E-state index < -0.39 is 0 Å². The van der Waals surface area contributed by atoms with Gasteiger partial charge in [-0.05, 0) is 0 Å². The van der Waals surface area contributed by atoms with Crippen LogP contribution in [0.1, 0.15) is 22.3 Å². The molecule has 6 aromatic heterocycles. The monoisotopic (exact) mass is 1160 g/mol. The molecule has 2 aliphatic rings. The molecule has 2 aliphatic carbocycles. The summed E-state index contributed by atoms with van der Waals surface area (Å²) in [5.41, 5.74) is 6.32. The van der Waals surface area contributed by atoms with E-state index in [9.17, 15) is 0 Å². The van der Waals surface area contributed by atoms with Crippen LogP contribution in [0.3, 0.4) is 0 Å². The molecule has 276 valence electrons. The topological polar surface area (TPSA) is 36.9 Å². The predicted octanol–water partition coefficient (Wildman–Crippen LogP) is 12.2. The van der Waals surface area contributed by atoms with Crippen LogP contribution in [0.5, 0.6) is 0 Å². The standard InChI is InChI=1S/2C19H18Br2O2S2Se/c2*1-22-9-19(10-23-2)7-11-12(8-19)18(14-4-6-16(21)25-14)26-17(11)13-3-5-15(20)24-13/h2*3-6H,7-10H2,1-2H3. The Morgan fingerprint density at radius 3 is 0.846 bits per heavy atom. The molecule has 6 aromatic rings. The van der Waals surface area contributed by atoms with Crippen molar-refractivity contribution in [3.63, 3.8) is 0 Å². The number of hydrogen-bond acceptors (Lipinski definition) is 8. The van der Waals surface area contributed by atoms with Crippen molar-refractivity contribution in [2.45, 2.75) is 25.7 Å². The molecule has 0 N–H and O–H groups in total. The molecule has 0 amide bonds. The number of rotatable bonds is 12. The first-order valence-corrected chi connectivity index (χ1v) is 26.2. The number of thiophene rings is 4. The van der Waals surface area contributed by atoms with Crippen LogP contribution in [0, 0.1) is 10.8 Å². The number of halogens is 4. The van der Waals surface area contributed by atoms with Crippen molar-refractivity contribution in [1.82, 2.24) is 0 Å². The van der Waals surface area contributed by atoms with E-state index in [4.69, 9.17) is 18.9 Å². The van der Waals surface area contributed by atoms with E-state index in [-0.39, 0.29) is 10.8 Å². The minimum atomic E-state index is 0.0597. The summed E-state index contributed by atoms with van der Waals surface area (Å²) < 4.78 is 33.4. The molecule has 0 bridgehead atoms. The molecule has 0 saturated heterocycles. The van der Waals surface area contributed by atoms with Crippen LogP contribution >= 0.6 is 109 Å². The first-order valence-electron chi connectivity index (χ1n) is 16.4. The van der Waals surface area contributed by atoms with Gasteiger partial charge in [0.1, 0.15) is 0 Å². The van der Waals surface area contributed by atoms with Crippen LogP contribution < -0.4 is 0 Å². The molecule has 0 aromatic carbocycles. The van der Waals surface area contributed by atoms with Crippen LogP contribution in [0.2, 0.25) is 0 Å². The third kappa shape index (κ3) is 8.54. The molecule has 0 saturated carbocycles. The SMILES string of the molecule is COCC1(COC)Cc2c(-c3ccc(Br)s3)[se]c(-c3ccc(Br)s3)c2C1.COCC1(COC)Cc2c(-c3ccc(Br)s3)[se]c(-c3ccc(Br)s3)c2C1. The summed E-state index contributed by atoms with van der Waals surface area (Å²) in [4.78, 5) is 5.61. The Hall–Kier alpha value is 0.559. The summed E-state index contributed by atoms with van der Waals surface area (Å²) in [7, 11) is 7.19. The third-order valence-electron chi connectivity index (χ3n) is 9.43. The molecule has 0 aliphatic heterocycles. The normalized spacial score (nSPS) is 15.5. The Morgan fingerprint density at radius 2 is 0.673 bits per heavy atom. The summed E-state index contributed by atoms with van der Waals surface area (Å²) >= 11 is 22.6. The van der Waals surface area contributed by atoms with Crippen LogP contribution in [0.4, 0.5) is 0 Å². The van der Waals surface area contributed by atoms with Gasteiger partial charge in [-0.25, -0.2) is 0 Å². The van der Waals surface area contributed by atoms with E-state index in [1.165, 1.54) is 34.7 Å². The van der Waals surface area contributed by atoms with Crippen LogP contribution in [0.25, 0.3) is 37.3 Å². The summed E-state index contributed by atoms with van der Waals surface area (Å²) in [6, 6.07) is 17.7. The van der Waals surface area contributed by atoms with Crippen molar-refractivity contribution in [3.05, 3.63) is 85.9 Å². The molecule has 4 nitrogen and oxygen atoms in total. The van der Waals surface area contributed by atoms with Crippen LogP contribution in [0.15, 0.2) is 63.7 Å². The summed E-state index contributed by atoms with van der Waals surface area (Å²) in [6.07, 6.45) is 4.19. The fourth-order valence-corrected chi connectivity index (χ4v) is 19.9. The summed E-state index contributed by atoms with van der Waals surface area (Å²) in [6.45, 7) is 2.96. The predicted molar refractivity (Wildman–Crippen MR) is 238 cm³/mol. The Morgan fingerprint density at radius 1 is 0.442 bits per heavy atom. The molecule has 8 rings (SSSR count). The third-order valence-corrected chi connectivity index (χ3v) is 22.8. The van der Waals surface area contributed by atoms with E-state index in [0.717, 1.165) is 52.1 Å². The summed E-state index contributed by atoms with van der Waals surface area (Å²) in [5.74, 6) is 0. The van der Waals surface area contributed by atoms with Crippen molar-refractivity contribution < 1.29 is 18.9 Å². The van der Waals surface area contributed by atoms with E-state index in [0.29, 0.717) is 29.0 Å². The molecule has 0 fully saturated rings. The fourth-order valence-electron chi connectivity index (χ4n) is 7.63. The van der Waals surface area contributed by atoms with E-state index in [1.807, 2.05) is 45.3 Å². The van der Waals surface area contributed by atoms with E-state index >= 15 is 0 Å². The Balaban J connectivity index is 0.000000162. The average Bonchev–Trinajstić information content (AvgIpc) is 3.95. The van der Waals surface area contributed by atoms with E-state index in [1.54, 1.807) is 68.4 Å². The second-order valence-corrected chi connectivity index (χ2v) is 27.4. The molecule has 0 spiro atoms. The zero-order valence-corrected chi connectivity index (χ0v) is 41.9. The molecule has 6 heterocycles. The number of ether oxygens (including phenoxy) is 4. The Kier molecular flexibility index (Phi) is 13.8. The van der Waals surface area contributed by atoms with Crippen molar-refractivity contribution in [3.8, 4) is 37.3 Å². The van der Waals surface area contributed by atoms with Gasteiger partial charge in [0.05, 0.1) is 0 Å². The Labute approximate surface area is 367 Å². The van der Waals surface area contributed by atoms with Gasteiger partial charge in [0, 0.05) is 0 Å². The first kappa shape index (κ1) is 40.7. The molecule has 0 unspecified atom stereocenters. The zero-order valence-electron chi connectivity index (χ0n) is 28.9. The fraction of sp³-hybridized carbons (Fsp3) is 0.368. The number of methoxy groups -OCH3 is 4. The molecule has 52 heavy (non-hydrogen) atoms. The second kappa shape index (κ2) is 17.6. The minimum absolute atomic E-state index is 0.0597. The maximum absolute atomic E-state index is 5.61. The van der Waals surface area contributed by atoms with Gasteiger partial charge in [-0.1, -0.05) is 0 Å². The maximum atomic E-state index is 5.61. The van der Waals surface area contributed by atoms with Gasteiger partial charge < -0.3 is 0 Å². The van der Waals surface area contributed by atoms with Gasteiger partial charge in [0.2, 0.25) is 0 Å². The van der Waals surface area contributed by atoms with Gasteiger partial charge in [0.25, 0.3) is 0 Å². The summed E-state index contributed by atoms with van der Waals surface area (Å²) in [5, 5.41) is 0.